The molecular weight excluding hydrogens is 284 g/mol. The number of nitrogens with one attached hydrogen (secondary N) is 1. The summed E-state index contributed by atoms with van der Waals surface area (Å²) in [6.07, 6.45) is 3.39. The molecule has 0 spiro atoms. The molecule has 0 aromatic carbocycles. The zero-order valence-corrected chi connectivity index (χ0v) is 11.4. The normalized spacial score (nSPS) is 17.2. The van der Waals surface area contributed by atoms with Crippen LogP contribution < -0.4 is 10.9 Å². The average Bonchev–Trinajstić information content (AvgIpc) is 3.00. The lowest BCUT2D eigenvalue weighted by molar-refractivity contribution is -0.116. The summed E-state index contributed by atoms with van der Waals surface area (Å²) in [4.78, 5) is 31.8. The molecular formula is C11H10N4O2S2. The number of nitrogens with zero attached hydrogens (tertiary/aromatic N) is 3. The molecule has 0 fully saturated rings. The van der Waals surface area contributed by atoms with E-state index in [4.69, 9.17) is 0 Å². The topological polar surface area (TPSA) is 76.9 Å². The maximum absolute atomic E-state index is 11.9. The van der Waals surface area contributed by atoms with E-state index in [-0.39, 0.29) is 23.9 Å². The van der Waals surface area contributed by atoms with E-state index in [9.17, 15) is 9.59 Å². The van der Waals surface area contributed by atoms with Gasteiger partial charge in [0, 0.05) is 36.0 Å². The number of anilines is 1. The van der Waals surface area contributed by atoms with Crippen LogP contribution in [0.15, 0.2) is 33.8 Å². The predicted molar refractivity (Wildman–Crippen MR) is 73.6 cm³/mol. The van der Waals surface area contributed by atoms with Crippen LogP contribution in [0, 0.1) is 0 Å². The first-order valence-electron chi connectivity index (χ1n) is 5.64. The summed E-state index contributed by atoms with van der Waals surface area (Å²) in [6, 6.07) is 1.28. The van der Waals surface area contributed by atoms with Gasteiger partial charge in [0.05, 0.1) is 6.04 Å². The summed E-state index contributed by atoms with van der Waals surface area (Å²) in [7, 11) is 0. The van der Waals surface area contributed by atoms with Crippen LogP contribution in [0.25, 0.3) is 0 Å². The van der Waals surface area contributed by atoms with Crippen LogP contribution in [-0.4, -0.2) is 26.2 Å². The smallest absolute Gasteiger partial charge is 0.254 e. The van der Waals surface area contributed by atoms with Gasteiger partial charge in [-0.2, -0.15) is 0 Å². The van der Waals surface area contributed by atoms with Crippen LogP contribution in [-0.2, 0) is 4.79 Å². The maximum atomic E-state index is 11.9. The molecule has 19 heavy (non-hydrogen) atoms. The Kier molecular flexibility index (Phi) is 3.34. The van der Waals surface area contributed by atoms with E-state index in [0.29, 0.717) is 16.0 Å². The van der Waals surface area contributed by atoms with E-state index >= 15 is 0 Å². The van der Waals surface area contributed by atoms with Crippen molar-refractivity contribution in [3.05, 3.63) is 34.2 Å². The van der Waals surface area contributed by atoms with Crippen molar-refractivity contribution in [1.29, 1.82) is 0 Å². The number of amides is 1. The number of carbonyl (C=O) groups is 1. The lowest BCUT2D eigenvalue weighted by Crippen LogP contribution is -2.26. The fourth-order valence-corrected chi connectivity index (χ4v) is 3.58. The van der Waals surface area contributed by atoms with E-state index in [2.05, 4.69) is 15.3 Å². The van der Waals surface area contributed by atoms with Crippen LogP contribution in [0.5, 0.6) is 0 Å². The monoisotopic (exact) mass is 294 g/mol. The Morgan fingerprint density at radius 2 is 2.37 bits per heavy atom. The SMILES string of the molecule is O=C(CC1CSc2nccc(=O)n21)Nc1nccs1. The van der Waals surface area contributed by atoms with Gasteiger partial charge < -0.3 is 5.32 Å². The van der Waals surface area contributed by atoms with Gasteiger partial charge in [0.15, 0.2) is 10.3 Å². The van der Waals surface area contributed by atoms with Gasteiger partial charge in [-0.3, -0.25) is 14.2 Å². The number of thiazole rings is 1. The van der Waals surface area contributed by atoms with E-state index in [0.717, 1.165) is 0 Å². The average molecular weight is 294 g/mol. The summed E-state index contributed by atoms with van der Waals surface area (Å²) in [5.41, 5.74) is -0.109. The van der Waals surface area contributed by atoms with Crippen LogP contribution in [0.2, 0.25) is 0 Å². The summed E-state index contributed by atoms with van der Waals surface area (Å²) in [6.45, 7) is 0. The van der Waals surface area contributed by atoms with Crippen molar-refractivity contribution in [2.45, 2.75) is 17.6 Å². The summed E-state index contributed by atoms with van der Waals surface area (Å²) < 4.78 is 1.59. The molecule has 1 aliphatic rings. The fourth-order valence-electron chi connectivity index (χ4n) is 1.91. The van der Waals surface area contributed by atoms with Gasteiger partial charge in [0.2, 0.25) is 5.91 Å². The van der Waals surface area contributed by atoms with Crippen molar-refractivity contribution >= 4 is 34.1 Å². The molecule has 3 heterocycles. The van der Waals surface area contributed by atoms with Crippen molar-refractivity contribution in [3.8, 4) is 0 Å². The Balaban J connectivity index is 1.73. The zero-order chi connectivity index (χ0) is 13.2. The lowest BCUT2D eigenvalue weighted by Gasteiger charge is -2.11. The Morgan fingerprint density at radius 3 is 3.16 bits per heavy atom. The largest absolute Gasteiger partial charge is 0.302 e. The highest BCUT2D eigenvalue weighted by Gasteiger charge is 2.26. The molecule has 2 aromatic heterocycles. The number of carbonyl (C=O) groups excluding carboxylic acids is 1. The third-order valence-electron chi connectivity index (χ3n) is 2.72. The molecule has 1 atom stereocenters. The lowest BCUT2D eigenvalue weighted by atomic mass is 10.2. The van der Waals surface area contributed by atoms with Gasteiger partial charge in [-0.25, -0.2) is 9.97 Å². The molecule has 8 heteroatoms. The second-order valence-electron chi connectivity index (χ2n) is 3.99. The highest BCUT2D eigenvalue weighted by Crippen LogP contribution is 2.31. The van der Waals surface area contributed by atoms with E-state index in [1.807, 2.05) is 0 Å². The number of hydrogen-bond donors (Lipinski definition) is 1. The highest BCUT2D eigenvalue weighted by atomic mass is 32.2. The molecule has 2 aromatic rings. The van der Waals surface area contributed by atoms with Crippen molar-refractivity contribution in [1.82, 2.24) is 14.5 Å². The number of rotatable bonds is 3. The Morgan fingerprint density at radius 1 is 1.47 bits per heavy atom. The molecule has 6 nitrogen and oxygen atoms in total. The summed E-state index contributed by atoms with van der Waals surface area (Å²) >= 11 is 2.87. The zero-order valence-electron chi connectivity index (χ0n) is 9.78. The van der Waals surface area contributed by atoms with Crippen molar-refractivity contribution in [3.63, 3.8) is 0 Å². The Labute approximate surface area is 116 Å². The molecule has 0 bridgehead atoms. The molecule has 1 aliphatic heterocycles. The van der Waals surface area contributed by atoms with Gasteiger partial charge in [-0.1, -0.05) is 11.8 Å². The minimum Gasteiger partial charge on any atom is -0.302 e. The third kappa shape index (κ3) is 2.54. The predicted octanol–water partition coefficient (Wildman–Crippen LogP) is 1.38. The minimum absolute atomic E-state index is 0.109. The van der Waals surface area contributed by atoms with Crippen molar-refractivity contribution in [2.75, 3.05) is 11.1 Å². The minimum atomic E-state index is -0.138. The molecule has 0 saturated heterocycles. The van der Waals surface area contributed by atoms with Crippen LogP contribution >= 0.6 is 23.1 Å². The summed E-state index contributed by atoms with van der Waals surface area (Å²) in [5.74, 6) is 0.557. The maximum Gasteiger partial charge on any atom is 0.254 e. The molecule has 1 amide bonds. The van der Waals surface area contributed by atoms with E-state index in [1.165, 1.54) is 35.4 Å². The molecule has 1 unspecified atom stereocenters. The first-order valence-corrected chi connectivity index (χ1v) is 7.50. The fraction of sp³-hybridized carbons (Fsp3) is 0.273. The number of fused-ring (bicyclic) bond motifs is 1. The van der Waals surface area contributed by atoms with E-state index in [1.54, 1.807) is 16.1 Å². The Bertz CT molecular complexity index is 653. The number of aromatic nitrogens is 3. The van der Waals surface area contributed by atoms with Crippen LogP contribution in [0.3, 0.4) is 0 Å². The molecule has 0 radical (unpaired) electrons. The van der Waals surface area contributed by atoms with Crippen LogP contribution in [0.1, 0.15) is 12.5 Å². The van der Waals surface area contributed by atoms with Crippen molar-refractivity contribution in [2.24, 2.45) is 0 Å². The second-order valence-corrected chi connectivity index (χ2v) is 5.87. The van der Waals surface area contributed by atoms with Gasteiger partial charge >= 0.3 is 0 Å². The Hall–Kier alpha value is -1.67. The molecule has 0 saturated carbocycles. The van der Waals surface area contributed by atoms with E-state index < -0.39 is 0 Å². The second kappa shape index (κ2) is 5.14. The number of hydrogen-bond acceptors (Lipinski definition) is 6. The van der Waals surface area contributed by atoms with Gasteiger partial charge in [-0.15, -0.1) is 11.3 Å². The quantitative estimate of drug-likeness (QED) is 0.865. The van der Waals surface area contributed by atoms with Gasteiger partial charge in [0.25, 0.3) is 5.56 Å². The first-order chi connectivity index (χ1) is 9.24. The molecule has 98 valence electrons. The standard InChI is InChI=1S/C11H10N4O2S2/c16-8(14-10-12-3-4-18-10)5-7-6-19-11-13-2-1-9(17)15(7)11/h1-4,7H,5-6H2,(H,12,14,16). The van der Waals surface area contributed by atoms with Gasteiger partial charge in [0.1, 0.15) is 0 Å². The van der Waals surface area contributed by atoms with Gasteiger partial charge in [-0.05, 0) is 0 Å². The third-order valence-corrected chi connectivity index (χ3v) is 4.52. The molecule has 3 rings (SSSR count). The van der Waals surface area contributed by atoms with Crippen molar-refractivity contribution < 1.29 is 4.79 Å². The number of thioether (sulfide) groups is 1. The highest BCUT2D eigenvalue weighted by molar-refractivity contribution is 7.99. The first kappa shape index (κ1) is 12.4. The summed E-state index contributed by atoms with van der Waals surface area (Å²) in [5, 5.41) is 5.78. The molecule has 1 N–H and O–H groups in total. The molecule has 0 aliphatic carbocycles. The van der Waals surface area contributed by atoms with Crippen LogP contribution in [0.4, 0.5) is 5.13 Å².